The summed E-state index contributed by atoms with van der Waals surface area (Å²) < 4.78 is 0. The number of nitrogens with one attached hydrogen (secondary N) is 1. The number of carbonyl (C=O) groups excluding carboxylic acids is 1. The maximum absolute atomic E-state index is 12.6. The molecule has 0 unspecified atom stereocenters. The summed E-state index contributed by atoms with van der Waals surface area (Å²) in [4.78, 5) is 17.5. The molecule has 1 saturated carbocycles. The smallest absolute Gasteiger partial charge is 0.256 e. The topological polar surface area (TPSA) is 36.1 Å². The van der Waals surface area contributed by atoms with E-state index in [0.717, 1.165) is 17.4 Å². The first-order valence-electron chi connectivity index (χ1n) is 6.58. The molecule has 0 radical (unpaired) electrons. The predicted molar refractivity (Wildman–Crippen MR) is 75.8 cm³/mol. The summed E-state index contributed by atoms with van der Waals surface area (Å²) in [5.41, 5.74) is 1.60. The number of fused-ring (bicyclic) bond motifs is 1. The molecule has 0 aliphatic heterocycles. The van der Waals surface area contributed by atoms with Crippen LogP contribution in [0.15, 0.2) is 30.5 Å². The van der Waals surface area contributed by atoms with Crippen molar-refractivity contribution in [3.63, 3.8) is 0 Å². The van der Waals surface area contributed by atoms with Gasteiger partial charge >= 0.3 is 0 Å². The van der Waals surface area contributed by atoms with Gasteiger partial charge in [-0.05, 0) is 30.9 Å². The number of terminal acetylenes is 1. The number of hydrogen-bond donors (Lipinski definition) is 1. The third-order valence-electron chi connectivity index (χ3n) is 3.56. The third kappa shape index (κ3) is 2.34. The lowest BCUT2D eigenvalue weighted by Crippen LogP contribution is -2.33. The highest BCUT2D eigenvalue weighted by Crippen LogP contribution is 2.30. The second-order valence-electron chi connectivity index (χ2n) is 5.08. The van der Waals surface area contributed by atoms with E-state index < -0.39 is 0 Å². The number of para-hydroxylation sites is 1. The summed E-state index contributed by atoms with van der Waals surface area (Å²) in [5.74, 6) is 3.25. The van der Waals surface area contributed by atoms with Crippen LogP contribution in [0.4, 0.5) is 0 Å². The van der Waals surface area contributed by atoms with Crippen LogP contribution in [0.1, 0.15) is 23.2 Å². The molecular weight excluding hydrogens is 236 g/mol. The van der Waals surface area contributed by atoms with Gasteiger partial charge in [0.05, 0.1) is 17.6 Å². The van der Waals surface area contributed by atoms with Crippen molar-refractivity contribution in [3.05, 3.63) is 36.0 Å². The van der Waals surface area contributed by atoms with E-state index in [4.69, 9.17) is 6.42 Å². The van der Waals surface area contributed by atoms with Crippen LogP contribution in [-0.2, 0) is 0 Å². The molecule has 1 heterocycles. The van der Waals surface area contributed by atoms with Gasteiger partial charge in [-0.15, -0.1) is 6.42 Å². The van der Waals surface area contributed by atoms with Gasteiger partial charge in [0.1, 0.15) is 0 Å². The third-order valence-corrected chi connectivity index (χ3v) is 3.56. The van der Waals surface area contributed by atoms with Crippen LogP contribution < -0.4 is 0 Å². The fraction of sp³-hybridized carbons (Fsp3) is 0.312. The molecule has 96 valence electrons. The SMILES string of the molecule is C#CCN(CC1CC1)C(=O)c1cccc2cc[nH]c12. The summed E-state index contributed by atoms with van der Waals surface area (Å²) >= 11 is 0. The highest BCUT2D eigenvalue weighted by Gasteiger charge is 2.27. The Bertz CT molecular complexity index is 646. The Morgan fingerprint density at radius 1 is 1.42 bits per heavy atom. The summed E-state index contributed by atoms with van der Waals surface area (Å²) in [7, 11) is 0. The van der Waals surface area contributed by atoms with E-state index in [-0.39, 0.29) is 5.91 Å². The van der Waals surface area contributed by atoms with Crippen molar-refractivity contribution < 1.29 is 4.79 Å². The van der Waals surface area contributed by atoms with Crippen LogP contribution in [0.5, 0.6) is 0 Å². The van der Waals surface area contributed by atoms with Crippen LogP contribution in [-0.4, -0.2) is 28.9 Å². The molecule has 1 aliphatic carbocycles. The molecule has 1 amide bonds. The standard InChI is InChI=1S/C16H16N2O/c1-2-10-18(11-12-6-7-12)16(19)14-5-3-4-13-8-9-17-15(13)14/h1,3-5,8-9,12,17H,6-7,10-11H2. The first kappa shape index (κ1) is 11.9. The maximum atomic E-state index is 12.6. The van der Waals surface area contributed by atoms with Gasteiger partial charge in [0.25, 0.3) is 5.91 Å². The molecule has 1 fully saturated rings. The zero-order valence-corrected chi connectivity index (χ0v) is 10.7. The second kappa shape index (κ2) is 4.81. The van der Waals surface area contributed by atoms with E-state index in [0.29, 0.717) is 18.0 Å². The van der Waals surface area contributed by atoms with E-state index in [1.807, 2.05) is 30.5 Å². The predicted octanol–water partition coefficient (Wildman–Crippen LogP) is 2.65. The van der Waals surface area contributed by atoms with Crippen LogP contribution in [0, 0.1) is 18.3 Å². The monoisotopic (exact) mass is 252 g/mol. The molecule has 1 aromatic carbocycles. The number of rotatable bonds is 4. The summed E-state index contributed by atoms with van der Waals surface area (Å²) in [5, 5.41) is 1.05. The van der Waals surface area contributed by atoms with Gasteiger partial charge in [-0.25, -0.2) is 0 Å². The minimum absolute atomic E-state index is 0.0258. The lowest BCUT2D eigenvalue weighted by Gasteiger charge is -2.20. The van der Waals surface area contributed by atoms with E-state index in [9.17, 15) is 4.79 Å². The molecule has 3 nitrogen and oxygen atoms in total. The average molecular weight is 252 g/mol. The second-order valence-corrected chi connectivity index (χ2v) is 5.08. The Balaban J connectivity index is 1.92. The van der Waals surface area contributed by atoms with Crippen LogP contribution >= 0.6 is 0 Å². The minimum atomic E-state index is 0.0258. The van der Waals surface area contributed by atoms with Crippen molar-refractivity contribution in [1.29, 1.82) is 0 Å². The zero-order valence-electron chi connectivity index (χ0n) is 10.7. The number of hydrogen-bond acceptors (Lipinski definition) is 1. The Morgan fingerprint density at radius 2 is 2.26 bits per heavy atom. The fourth-order valence-electron chi connectivity index (χ4n) is 2.38. The Hall–Kier alpha value is -2.21. The Kier molecular flexibility index (Phi) is 3.00. The highest BCUT2D eigenvalue weighted by molar-refractivity contribution is 6.05. The van der Waals surface area contributed by atoms with E-state index in [1.165, 1.54) is 12.8 Å². The molecular formula is C16H16N2O. The van der Waals surface area contributed by atoms with Crippen molar-refractivity contribution in [2.24, 2.45) is 5.92 Å². The molecule has 1 N–H and O–H groups in total. The number of aromatic amines is 1. The Morgan fingerprint density at radius 3 is 3.00 bits per heavy atom. The number of aromatic nitrogens is 1. The number of amides is 1. The van der Waals surface area contributed by atoms with Crippen molar-refractivity contribution in [3.8, 4) is 12.3 Å². The van der Waals surface area contributed by atoms with Crippen molar-refractivity contribution >= 4 is 16.8 Å². The van der Waals surface area contributed by atoms with E-state index in [2.05, 4.69) is 10.9 Å². The highest BCUT2D eigenvalue weighted by atomic mass is 16.2. The normalized spacial score (nSPS) is 14.3. The Labute approximate surface area is 112 Å². The average Bonchev–Trinajstić information content (AvgIpc) is 3.11. The van der Waals surface area contributed by atoms with Gasteiger partial charge in [-0.2, -0.15) is 0 Å². The summed E-state index contributed by atoms with van der Waals surface area (Å²) in [6.45, 7) is 1.16. The van der Waals surface area contributed by atoms with E-state index in [1.54, 1.807) is 4.90 Å². The van der Waals surface area contributed by atoms with Crippen molar-refractivity contribution in [2.45, 2.75) is 12.8 Å². The number of nitrogens with zero attached hydrogens (tertiary/aromatic N) is 1. The molecule has 3 heteroatoms. The lowest BCUT2D eigenvalue weighted by molar-refractivity contribution is 0.0771. The maximum Gasteiger partial charge on any atom is 0.256 e. The zero-order chi connectivity index (χ0) is 13.2. The van der Waals surface area contributed by atoms with Gasteiger partial charge in [-0.3, -0.25) is 4.79 Å². The molecule has 2 aromatic rings. The van der Waals surface area contributed by atoms with Crippen LogP contribution in [0.3, 0.4) is 0 Å². The summed E-state index contributed by atoms with van der Waals surface area (Å²) in [6, 6.07) is 7.74. The van der Waals surface area contributed by atoms with Gasteiger partial charge < -0.3 is 9.88 Å². The van der Waals surface area contributed by atoms with Crippen molar-refractivity contribution in [1.82, 2.24) is 9.88 Å². The molecule has 1 aliphatic rings. The minimum Gasteiger partial charge on any atom is -0.361 e. The molecule has 0 bridgehead atoms. The number of H-pyrrole nitrogens is 1. The van der Waals surface area contributed by atoms with Gasteiger partial charge in [0.2, 0.25) is 0 Å². The number of carbonyl (C=O) groups is 1. The van der Waals surface area contributed by atoms with Crippen LogP contribution in [0.2, 0.25) is 0 Å². The van der Waals surface area contributed by atoms with E-state index >= 15 is 0 Å². The van der Waals surface area contributed by atoms with Crippen LogP contribution in [0.25, 0.3) is 10.9 Å². The fourth-order valence-corrected chi connectivity index (χ4v) is 2.38. The van der Waals surface area contributed by atoms with Gasteiger partial charge in [-0.1, -0.05) is 18.1 Å². The molecule has 1 aromatic heterocycles. The quantitative estimate of drug-likeness (QED) is 0.834. The summed E-state index contributed by atoms with van der Waals surface area (Å²) in [6.07, 6.45) is 9.66. The molecule has 3 rings (SSSR count). The van der Waals surface area contributed by atoms with Gasteiger partial charge in [0, 0.05) is 18.1 Å². The lowest BCUT2D eigenvalue weighted by atomic mass is 10.1. The molecule has 19 heavy (non-hydrogen) atoms. The van der Waals surface area contributed by atoms with Crippen molar-refractivity contribution in [2.75, 3.05) is 13.1 Å². The number of benzene rings is 1. The molecule has 0 spiro atoms. The molecule has 0 atom stereocenters. The first-order valence-corrected chi connectivity index (χ1v) is 6.58. The van der Waals surface area contributed by atoms with Gasteiger partial charge in [0.15, 0.2) is 0 Å². The molecule has 0 saturated heterocycles. The first-order chi connectivity index (χ1) is 9.29. The largest absolute Gasteiger partial charge is 0.361 e.